The average Bonchev–Trinajstić information content (AvgIpc) is 2.21. The zero-order valence-corrected chi connectivity index (χ0v) is 6.36. The van der Waals surface area contributed by atoms with Crippen LogP contribution in [0.1, 0.15) is 0 Å². The Bertz CT molecular complexity index is 259. The minimum absolute atomic E-state index is 0.404. The molecule has 0 aliphatic carbocycles. The van der Waals surface area contributed by atoms with E-state index in [-0.39, 0.29) is 0 Å². The zero-order valence-electron chi connectivity index (χ0n) is 6.36. The van der Waals surface area contributed by atoms with E-state index in [0.29, 0.717) is 25.0 Å². The highest BCUT2D eigenvalue weighted by Gasteiger charge is 2.14. The number of aliphatic imine (C=N–C) groups is 2. The Morgan fingerprint density at radius 2 is 2.17 bits per heavy atom. The molecule has 12 heavy (non-hydrogen) atoms. The predicted molar refractivity (Wildman–Crippen MR) is 43.7 cm³/mol. The molecule has 0 aromatic rings. The summed E-state index contributed by atoms with van der Waals surface area (Å²) in [6, 6.07) is 0. The van der Waals surface area contributed by atoms with Gasteiger partial charge in [-0.3, -0.25) is 0 Å². The van der Waals surface area contributed by atoms with Crippen LogP contribution in [0.15, 0.2) is 28.3 Å². The van der Waals surface area contributed by atoms with Crippen molar-refractivity contribution in [1.29, 1.82) is 0 Å². The van der Waals surface area contributed by atoms with Gasteiger partial charge in [0.2, 0.25) is 0 Å². The Labute approximate surface area is 69.9 Å². The second kappa shape index (κ2) is 3.21. The molecule has 0 saturated carbocycles. The second-order valence-corrected chi connectivity index (χ2v) is 2.19. The van der Waals surface area contributed by atoms with Crippen LogP contribution >= 0.6 is 0 Å². The molecule has 2 aliphatic rings. The summed E-state index contributed by atoms with van der Waals surface area (Å²) in [7, 11) is 0. The van der Waals surface area contributed by atoms with Gasteiger partial charge in [0.25, 0.3) is 11.8 Å². The summed E-state index contributed by atoms with van der Waals surface area (Å²) in [5, 5.41) is 0. The van der Waals surface area contributed by atoms with E-state index in [0.717, 1.165) is 0 Å². The van der Waals surface area contributed by atoms with Gasteiger partial charge in [-0.15, -0.1) is 0 Å². The van der Waals surface area contributed by atoms with Crippen LogP contribution in [0.4, 0.5) is 0 Å². The van der Waals surface area contributed by atoms with Crippen LogP contribution < -0.4 is 0 Å². The monoisotopic (exact) mass is 163 g/mol. The minimum atomic E-state index is 0.404. The molecule has 4 nitrogen and oxygen atoms in total. The van der Waals surface area contributed by atoms with Crippen LogP contribution in [0.5, 0.6) is 0 Å². The van der Waals surface area contributed by atoms with Crippen molar-refractivity contribution in [3.8, 4) is 0 Å². The molecule has 0 aromatic carbocycles. The number of hydrogen-bond acceptors (Lipinski definition) is 4. The first-order chi connectivity index (χ1) is 5.97. The van der Waals surface area contributed by atoms with E-state index in [2.05, 4.69) is 16.2 Å². The highest BCUT2D eigenvalue weighted by molar-refractivity contribution is 6.35. The molecule has 0 saturated heterocycles. The molecule has 0 unspecified atom stereocenters. The smallest absolute Gasteiger partial charge is 0.279 e. The molecular formula is C8H7N2O2. The van der Waals surface area contributed by atoms with Gasteiger partial charge in [-0.2, -0.15) is 0 Å². The first kappa shape index (κ1) is 7.09. The van der Waals surface area contributed by atoms with E-state index in [4.69, 9.17) is 9.47 Å². The molecule has 4 heteroatoms. The SMILES string of the molecule is [C]1=CCOC(C2=NC=CCO2)=N1. The van der Waals surface area contributed by atoms with Gasteiger partial charge in [-0.1, -0.05) is 0 Å². The summed E-state index contributed by atoms with van der Waals surface area (Å²) >= 11 is 0. The molecule has 2 aliphatic heterocycles. The maximum Gasteiger partial charge on any atom is 0.279 e. The number of ether oxygens (including phenoxy) is 2. The molecule has 0 fully saturated rings. The van der Waals surface area contributed by atoms with Gasteiger partial charge in [0.15, 0.2) is 0 Å². The van der Waals surface area contributed by atoms with Crippen molar-refractivity contribution in [1.82, 2.24) is 0 Å². The average molecular weight is 163 g/mol. The first-order valence-corrected chi connectivity index (χ1v) is 3.60. The highest BCUT2D eigenvalue weighted by atomic mass is 16.5. The van der Waals surface area contributed by atoms with Crippen molar-refractivity contribution >= 4 is 11.8 Å². The van der Waals surface area contributed by atoms with Crippen LogP contribution in [-0.4, -0.2) is 25.0 Å². The van der Waals surface area contributed by atoms with Gasteiger partial charge in [0.05, 0.1) is 6.20 Å². The third kappa shape index (κ3) is 1.37. The molecule has 61 valence electrons. The Balaban J connectivity index is 2.17. The van der Waals surface area contributed by atoms with E-state index < -0.39 is 0 Å². The fourth-order valence-corrected chi connectivity index (χ4v) is 0.849. The van der Waals surface area contributed by atoms with E-state index in [1.807, 2.05) is 6.08 Å². The summed E-state index contributed by atoms with van der Waals surface area (Å²) in [6.45, 7) is 0.996. The largest absolute Gasteiger partial charge is 0.470 e. The number of rotatable bonds is 1. The Morgan fingerprint density at radius 3 is 2.83 bits per heavy atom. The lowest BCUT2D eigenvalue weighted by Crippen LogP contribution is -2.23. The van der Waals surface area contributed by atoms with E-state index in [1.165, 1.54) is 0 Å². The summed E-state index contributed by atoms with van der Waals surface area (Å²) in [6.07, 6.45) is 7.86. The highest BCUT2D eigenvalue weighted by Crippen LogP contribution is 2.01. The predicted octanol–water partition coefficient (Wildman–Crippen LogP) is 0.674. The summed E-state index contributed by atoms with van der Waals surface area (Å²) in [4.78, 5) is 7.81. The fraction of sp³-hybridized carbons (Fsp3) is 0.250. The summed E-state index contributed by atoms with van der Waals surface area (Å²) in [5.74, 6) is 0.833. The molecule has 0 aromatic heterocycles. The topological polar surface area (TPSA) is 43.2 Å². The third-order valence-corrected chi connectivity index (χ3v) is 1.36. The first-order valence-electron chi connectivity index (χ1n) is 3.60. The molecule has 2 rings (SSSR count). The van der Waals surface area contributed by atoms with Crippen molar-refractivity contribution in [2.24, 2.45) is 9.98 Å². The normalized spacial score (nSPS) is 20.7. The van der Waals surface area contributed by atoms with Gasteiger partial charge in [-0.05, 0) is 12.2 Å². The van der Waals surface area contributed by atoms with Crippen LogP contribution in [0.2, 0.25) is 0 Å². The van der Waals surface area contributed by atoms with Gasteiger partial charge < -0.3 is 9.47 Å². The summed E-state index contributed by atoms with van der Waals surface area (Å²) < 4.78 is 10.3. The maximum absolute atomic E-state index is 5.17. The molecule has 0 bridgehead atoms. The van der Waals surface area contributed by atoms with Gasteiger partial charge in [-0.25, -0.2) is 9.98 Å². The van der Waals surface area contributed by atoms with Crippen LogP contribution in [0.25, 0.3) is 0 Å². The van der Waals surface area contributed by atoms with Crippen molar-refractivity contribution < 1.29 is 9.47 Å². The lowest BCUT2D eigenvalue weighted by Gasteiger charge is -2.12. The van der Waals surface area contributed by atoms with Crippen molar-refractivity contribution in [2.45, 2.75) is 0 Å². The van der Waals surface area contributed by atoms with Crippen LogP contribution in [0, 0.1) is 6.20 Å². The van der Waals surface area contributed by atoms with Gasteiger partial charge in [0, 0.05) is 6.20 Å². The zero-order chi connectivity index (χ0) is 8.23. The van der Waals surface area contributed by atoms with E-state index in [1.54, 1.807) is 12.3 Å². The molecule has 0 atom stereocenters. The lowest BCUT2D eigenvalue weighted by molar-refractivity contribution is 0.310. The van der Waals surface area contributed by atoms with Crippen molar-refractivity contribution in [3.05, 3.63) is 24.6 Å². The minimum Gasteiger partial charge on any atom is -0.470 e. The van der Waals surface area contributed by atoms with E-state index >= 15 is 0 Å². The van der Waals surface area contributed by atoms with Crippen LogP contribution in [-0.2, 0) is 9.47 Å². The molecule has 0 spiro atoms. The molecule has 0 N–H and O–H groups in total. The molecular weight excluding hydrogens is 156 g/mol. The Hall–Kier alpha value is -1.58. The van der Waals surface area contributed by atoms with Gasteiger partial charge in [0.1, 0.15) is 13.2 Å². The Morgan fingerprint density at radius 1 is 1.25 bits per heavy atom. The third-order valence-electron chi connectivity index (χ3n) is 1.36. The van der Waals surface area contributed by atoms with E-state index in [9.17, 15) is 0 Å². The quantitative estimate of drug-likeness (QED) is 0.570. The molecule has 2 heterocycles. The standard InChI is InChI=1S/C8H7N2O2/c1-3-9-7(11-5-1)8-10-4-2-6-12-8/h1-3H,5-6H2. The molecule has 0 amide bonds. The Kier molecular flexibility index (Phi) is 1.90. The molecule has 1 radical (unpaired) electrons. The maximum atomic E-state index is 5.17. The lowest BCUT2D eigenvalue weighted by atomic mass is 10.5. The van der Waals surface area contributed by atoms with Crippen LogP contribution in [0.3, 0.4) is 0 Å². The number of nitrogens with zero attached hydrogens (tertiary/aromatic N) is 2. The summed E-state index contributed by atoms with van der Waals surface area (Å²) in [5.41, 5.74) is 0. The second-order valence-electron chi connectivity index (χ2n) is 2.19. The fourth-order valence-electron chi connectivity index (χ4n) is 0.849. The van der Waals surface area contributed by atoms with Crippen molar-refractivity contribution in [2.75, 3.05) is 13.2 Å². The van der Waals surface area contributed by atoms with Gasteiger partial charge >= 0.3 is 0 Å². The van der Waals surface area contributed by atoms with Crippen molar-refractivity contribution in [3.63, 3.8) is 0 Å². The number of hydrogen-bond donors (Lipinski definition) is 0.